The zero-order valence-corrected chi connectivity index (χ0v) is 44.2. The molecule has 3 saturated heterocycles. The normalized spacial score (nSPS) is 31.8. The van der Waals surface area contributed by atoms with Crippen molar-refractivity contribution >= 4 is 88.3 Å². The lowest BCUT2D eigenvalue weighted by atomic mass is 10.1. The minimum absolute atomic E-state index is 0.0528. The van der Waals surface area contributed by atoms with Gasteiger partial charge in [0, 0.05) is 32.1 Å². The Morgan fingerprint density at radius 2 is 1.52 bits per heavy atom. The molecule has 4 aromatic heterocycles. The molecule has 20 nitrogen and oxygen atoms in total. The number of imidazole rings is 1. The molecule has 4 aromatic rings. The first-order valence-corrected chi connectivity index (χ1v) is 33.5. The Bertz CT molecular complexity index is 2470. The Labute approximate surface area is 392 Å². The van der Waals surface area contributed by atoms with E-state index in [-0.39, 0.29) is 23.3 Å². The molecule has 4 N–H and O–H groups in total. The third-order valence-electron chi connectivity index (χ3n) is 13.7. The van der Waals surface area contributed by atoms with Crippen molar-refractivity contribution in [3.8, 4) is 0 Å². The van der Waals surface area contributed by atoms with Crippen molar-refractivity contribution in [3.63, 3.8) is 0 Å². The molecule has 0 spiro atoms. The van der Waals surface area contributed by atoms with Crippen LogP contribution in [0.15, 0.2) is 25.2 Å². The van der Waals surface area contributed by atoms with E-state index in [1.54, 1.807) is 4.57 Å². The summed E-state index contributed by atoms with van der Waals surface area (Å²) in [5.74, 6) is 1.20. The van der Waals surface area contributed by atoms with Crippen LogP contribution in [0.3, 0.4) is 0 Å². The van der Waals surface area contributed by atoms with Crippen LogP contribution in [0.4, 0.5) is 11.6 Å². The van der Waals surface area contributed by atoms with Crippen LogP contribution >= 0.6 is 38.1 Å². The van der Waals surface area contributed by atoms with Gasteiger partial charge in [-0.15, -0.1) is 0 Å². The number of aromatic nitrogens is 7. The van der Waals surface area contributed by atoms with Gasteiger partial charge in [0.1, 0.15) is 60.7 Å². The summed E-state index contributed by atoms with van der Waals surface area (Å²) in [6.07, 6.45) is 0.444. The molecule has 26 heteroatoms. The second-order valence-corrected chi connectivity index (χ2v) is 36.4. The molecular weight excluding hydrogens is 951 g/mol. The van der Waals surface area contributed by atoms with Gasteiger partial charge in [-0.05, 0) is 41.6 Å². The molecule has 10 atom stereocenters. The first kappa shape index (κ1) is 49.4. The monoisotopic (exact) mass is 1010 g/mol. The lowest BCUT2D eigenvalue weighted by Crippen LogP contribution is -2.49. The Morgan fingerprint density at radius 3 is 2.22 bits per heavy atom. The fraction of sp³-hybridized carbons (Fsp3) is 0.718. The summed E-state index contributed by atoms with van der Waals surface area (Å²) in [5, 5.41) is 7.17. The van der Waals surface area contributed by atoms with Gasteiger partial charge in [0.25, 0.3) is 0 Å². The fourth-order valence-electron chi connectivity index (χ4n) is 7.96. The summed E-state index contributed by atoms with van der Waals surface area (Å²) in [6, 6.07) is 0. The van der Waals surface area contributed by atoms with Crippen LogP contribution in [0.2, 0.25) is 36.3 Å². The van der Waals surface area contributed by atoms with Gasteiger partial charge < -0.3 is 39.6 Å². The summed E-state index contributed by atoms with van der Waals surface area (Å²) >= 11 is 9.16. The number of hydrogen-bond donors (Lipinski definition) is 5. The highest BCUT2D eigenvalue weighted by Gasteiger charge is 2.57. The van der Waals surface area contributed by atoms with E-state index in [1.165, 1.54) is 19.0 Å². The molecule has 2 unspecified atom stereocenters. The molecule has 8 heterocycles. The van der Waals surface area contributed by atoms with E-state index in [1.807, 2.05) is 10.8 Å². The summed E-state index contributed by atoms with van der Waals surface area (Å²) in [7, 11) is -4.75. The molecule has 0 aromatic carbocycles. The average molecular weight is 1020 g/mol. The van der Waals surface area contributed by atoms with E-state index in [2.05, 4.69) is 123 Å². The predicted molar refractivity (Wildman–Crippen MR) is 259 cm³/mol. The molecule has 8 rings (SSSR count). The van der Waals surface area contributed by atoms with Crippen molar-refractivity contribution in [1.29, 1.82) is 0 Å². The maximum absolute atomic E-state index is 14.8. The van der Waals surface area contributed by atoms with Gasteiger partial charge in [-0.2, -0.15) is 0 Å². The van der Waals surface area contributed by atoms with Crippen molar-refractivity contribution < 1.29 is 45.9 Å². The fourth-order valence-corrected chi connectivity index (χ4v) is 13.2. The van der Waals surface area contributed by atoms with Crippen LogP contribution in [-0.4, -0.2) is 126 Å². The van der Waals surface area contributed by atoms with E-state index in [0.717, 1.165) is 36.2 Å². The minimum Gasteiger partial charge on any atom is -0.407 e. The predicted octanol–water partition coefficient (Wildman–Crippen LogP) is 7.51. The molecule has 3 fully saturated rings. The zero-order valence-electron chi connectivity index (χ0n) is 38.7. The number of nitrogens with one attached hydrogen (secondary N) is 2. The maximum Gasteiger partial charge on any atom is 0.386 e. The summed E-state index contributed by atoms with van der Waals surface area (Å²) in [5.41, 5.74) is 8.28. The number of fused-ring (bicyclic) bond motifs is 4. The van der Waals surface area contributed by atoms with Crippen LogP contribution in [0.5, 0.6) is 0 Å². The van der Waals surface area contributed by atoms with Gasteiger partial charge in [0.15, 0.2) is 37.8 Å². The highest BCUT2D eigenvalue weighted by molar-refractivity contribution is 8.44. The number of aryl methyl sites for hydroxylation is 1. The number of ether oxygens (including phenoxy) is 3. The molecule has 360 valence electrons. The van der Waals surface area contributed by atoms with Crippen LogP contribution < -0.4 is 16.4 Å². The highest BCUT2D eigenvalue weighted by Crippen LogP contribution is 2.61. The van der Waals surface area contributed by atoms with Gasteiger partial charge in [-0.1, -0.05) is 79.1 Å². The first-order valence-electron chi connectivity index (χ1n) is 22.0. The van der Waals surface area contributed by atoms with E-state index in [0.29, 0.717) is 41.9 Å². The van der Waals surface area contributed by atoms with Gasteiger partial charge in [-0.3, -0.25) is 22.7 Å². The van der Waals surface area contributed by atoms with E-state index < -0.39 is 79.1 Å². The molecule has 4 aliphatic rings. The molecule has 4 aliphatic heterocycles. The Kier molecular flexibility index (Phi) is 14.0. The number of thiol groups is 2. The number of nitrogens with two attached hydrogens (primary N) is 1. The lowest BCUT2D eigenvalue weighted by molar-refractivity contribution is -0.0583. The van der Waals surface area contributed by atoms with E-state index >= 15 is 0 Å². The smallest absolute Gasteiger partial charge is 0.386 e. The molecule has 0 radical (unpaired) electrons. The van der Waals surface area contributed by atoms with Crippen molar-refractivity contribution in [2.45, 2.75) is 140 Å². The second-order valence-electron chi connectivity index (χ2n) is 20.3. The van der Waals surface area contributed by atoms with E-state index in [4.69, 9.17) is 47.4 Å². The van der Waals surface area contributed by atoms with Crippen molar-refractivity contribution in [2.24, 2.45) is 5.73 Å². The Morgan fingerprint density at radius 1 is 0.862 bits per heavy atom. The first-order chi connectivity index (χ1) is 30.4. The maximum atomic E-state index is 14.8. The molecule has 2 bridgehead atoms. The van der Waals surface area contributed by atoms with Crippen LogP contribution in [0, 0.1) is 0 Å². The van der Waals surface area contributed by atoms with Crippen LogP contribution in [-0.2, 0) is 52.3 Å². The lowest BCUT2D eigenvalue weighted by Gasteiger charge is -2.41. The van der Waals surface area contributed by atoms with Crippen LogP contribution in [0.1, 0.15) is 66.0 Å². The zero-order chi connectivity index (χ0) is 46.9. The standard InChI is InChI=1S/C39H64N10O10P2S2Si2/c1-38(2,3)64(7,8)22-52-28-24-17-53-60(50,62)57-29-25(18-54-61(51,63)58-30(28)36(55-24)49-21-47-27-33(42-15-13-40)44-20-46-35(27)49)56-37(31(29)59-65(9,10)39(4,5)6)48-16-23-12-11-14-41-32-26(23)34(48)45-19-43-32/h16,19-21,24-25,28-31,36-37H,11-15,17-18,22,40H2,1-10H3,(H,50,62)(H,51,63)(H,41,43,45)(H,42,44,46)/t24-,25-,28-,29-,30-,31-,36-,37-,60?,61?/m1/s1. The van der Waals surface area contributed by atoms with Gasteiger partial charge in [0.05, 0.1) is 33.0 Å². The topological polar surface area (TPSA) is 232 Å². The van der Waals surface area contributed by atoms with Crippen molar-refractivity contribution in [3.05, 3.63) is 30.7 Å². The van der Waals surface area contributed by atoms with Crippen LogP contribution in [0.25, 0.3) is 22.2 Å². The number of rotatable bonds is 10. The molecule has 0 amide bonds. The summed E-state index contributed by atoms with van der Waals surface area (Å²) in [4.78, 5) is 22.8. The molecule has 65 heavy (non-hydrogen) atoms. The van der Waals surface area contributed by atoms with Gasteiger partial charge >= 0.3 is 13.6 Å². The Balaban J connectivity index is 1.19. The quantitative estimate of drug-likeness (QED) is 0.0587. The second kappa shape index (κ2) is 18.4. The number of anilines is 2. The molecule has 0 aliphatic carbocycles. The largest absolute Gasteiger partial charge is 0.407 e. The highest BCUT2D eigenvalue weighted by atomic mass is 32.7. The number of nitrogens with zero attached hydrogens (tertiary/aromatic N) is 7. The van der Waals surface area contributed by atoms with Crippen molar-refractivity contribution in [2.75, 3.05) is 49.7 Å². The SMILES string of the molecule is CC(C)(C)[Si](C)(C)CO[C@H]1[C@H]2OP(=O)(S)OC[C@H]3O[C@@H](n4cc5c6c(ncnc64)NCCC5)[C@H](O[Si](C)(C)C(C)(C)C)[C@@H]3OP(=O)(S)OC[C@H]1O[C@H]2n1cnc2c(NCCN)ncnc21. The average Bonchev–Trinajstić information content (AvgIpc) is 3.94. The van der Waals surface area contributed by atoms with Crippen molar-refractivity contribution in [1.82, 2.24) is 34.1 Å². The summed E-state index contributed by atoms with van der Waals surface area (Å²) < 4.78 is 86.2. The number of hydrogen-bond acceptors (Lipinski definition) is 18. The van der Waals surface area contributed by atoms with Gasteiger partial charge in [-0.25, -0.2) is 34.0 Å². The van der Waals surface area contributed by atoms with Gasteiger partial charge in [0.2, 0.25) is 0 Å². The molecular formula is C39H64N10O10P2S2Si2. The third kappa shape index (κ3) is 10.1. The third-order valence-corrected chi connectivity index (χ3v) is 26.4. The van der Waals surface area contributed by atoms with E-state index in [9.17, 15) is 9.13 Å². The minimum atomic E-state index is -4.34. The Hall–Kier alpha value is -2.00. The molecule has 0 saturated carbocycles. The summed E-state index contributed by atoms with van der Waals surface area (Å²) in [6.45, 7) is 13.8.